The van der Waals surface area contributed by atoms with Gasteiger partial charge in [0.2, 0.25) is 5.43 Å². The summed E-state index contributed by atoms with van der Waals surface area (Å²) in [5, 5.41) is 7.03. The highest BCUT2D eigenvalue weighted by Gasteiger charge is 2.24. The molecule has 1 amide bonds. The highest BCUT2D eigenvalue weighted by molar-refractivity contribution is 5.92. The Bertz CT molecular complexity index is 1300. The molecule has 8 heteroatoms. The topological polar surface area (TPSA) is 81.8 Å². The Morgan fingerprint density at radius 2 is 1.81 bits per heavy atom. The molecule has 0 fully saturated rings. The molecule has 0 aliphatic heterocycles. The van der Waals surface area contributed by atoms with Gasteiger partial charge in [0, 0.05) is 31.2 Å². The lowest BCUT2D eigenvalue weighted by atomic mass is 10.1. The summed E-state index contributed by atoms with van der Waals surface area (Å²) in [6.07, 6.45) is 3.40. The van der Waals surface area contributed by atoms with E-state index in [1.54, 1.807) is 36.0 Å². The molecule has 7 nitrogen and oxygen atoms in total. The van der Waals surface area contributed by atoms with E-state index in [4.69, 9.17) is 0 Å². The summed E-state index contributed by atoms with van der Waals surface area (Å²) in [6.45, 7) is 1.63. The van der Waals surface area contributed by atoms with Crippen LogP contribution in [0.4, 0.5) is 4.39 Å². The van der Waals surface area contributed by atoms with Crippen molar-refractivity contribution in [3.8, 4) is 5.69 Å². The van der Waals surface area contributed by atoms with Crippen LogP contribution < -0.4 is 10.7 Å². The Hall–Kier alpha value is -4.07. The monoisotopic (exact) mass is 417 g/mol. The number of carbonyl (C=O) groups excluding carboxylic acids is 1. The van der Waals surface area contributed by atoms with Gasteiger partial charge in [-0.1, -0.05) is 42.5 Å². The van der Waals surface area contributed by atoms with Crippen molar-refractivity contribution >= 4 is 5.91 Å². The smallest absolute Gasteiger partial charge is 0.276 e. The molecule has 0 unspecified atom stereocenters. The minimum absolute atomic E-state index is 0.151. The number of benzene rings is 2. The Morgan fingerprint density at radius 3 is 2.48 bits per heavy atom. The third-order valence-corrected chi connectivity index (χ3v) is 4.93. The van der Waals surface area contributed by atoms with E-state index in [0.29, 0.717) is 11.5 Å². The molecule has 0 saturated heterocycles. The largest absolute Gasteiger partial charge is 0.336 e. The SMILES string of the molecule is Cc1cc(=O)c(C(=O)N[C@@H](c2ccccc2)c2nccn2C)nn1-c1ccccc1F. The number of carbonyl (C=O) groups is 1. The number of hydrogen-bond donors (Lipinski definition) is 1. The minimum atomic E-state index is -0.674. The summed E-state index contributed by atoms with van der Waals surface area (Å²) in [6, 6.07) is 16.0. The Kier molecular flexibility index (Phi) is 5.44. The maximum absolute atomic E-state index is 14.3. The molecule has 4 rings (SSSR count). The predicted octanol–water partition coefficient (Wildman–Crippen LogP) is 2.93. The number of amides is 1. The standard InChI is InChI=1S/C23H20FN5O2/c1-15-14-19(30)21(27-29(15)18-11-7-6-10-17(18)24)23(31)26-20(16-8-4-3-5-9-16)22-25-12-13-28(22)2/h3-14,20H,1-2H3,(H,26,31)/t20-/m0/s1. The van der Waals surface area contributed by atoms with E-state index in [1.165, 1.54) is 22.9 Å². The van der Waals surface area contributed by atoms with Gasteiger partial charge in [0.05, 0.1) is 0 Å². The summed E-state index contributed by atoms with van der Waals surface area (Å²) < 4.78 is 17.3. The van der Waals surface area contributed by atoms with Crippen LogP contribution in [0.15, 0.2) is 77.9 Å². The lowest BCUT2D eigenvalue weighted by Crippen LogP contribution is -2.36. The number of halogens is 1. The van der Waals surface area contributed by atoms with Crippen LogP contribution in [-0.2, 0) is 7.05 Å². The van der Waals surface area contributed by atoms with Crippen molar-refractivity contribution in [3.05, 3.63) is 112 Å². The van der Waals surface area contributed by atoms with E-state index in [1.807, 2.05) is 37.4 Å². The molecule has 31 heavy (non-hydrogen) atoms. The number of imidazole rings is 1. The van der Waals surface area contributed by atoms with E-state index in [0.717, 1.165) is 5.56 Å². The van der Waals surface area contributed by atoms with Crippen molar-refractivity contribution in [2.45, 2.75) is 13.0 Å². The van der Waals surface area contributed by atoms with Crippen LogP contribution in [0, 0.1) is 12.7 Å². The average Bonchev–Trinajstić information content (AvgIpc) is 3.19. The van der Waals surface area contributed by atoms with Crippen molar-refractivity contribution in [1.82, 2.24) is 24.6 Å². The molecule has 0 aliphatic rings. The van der Waals surface area contributed by atoms with Gasteiger partial charge in [-0.2, -0.15) is 5.10 Å². The maximum atomic E-state index is 14.3. The number of para-hydroxylation sites is 1. The first-order chi connectivity index (χ1) is 15.0. The Labute approximate surface area is 177 Å². The van der Waals surface area contributed by atoms with Crippen LogP contribution in [-0.4, -0.2) is 25.2 Å². The van der Waals surface area contributed by atoms with Crippen LogP contribution in [0.5, 0.6) is 0 Å². The number of nitrogens with one attached hydrogen (secondary N) is 1. The van der Waals surface area contributed by atoms with E-state index in [9.17, 15) is 14.0 Å². The van der Waals surface area contributed by atoms with Crippen molar-refractivity contribution in [3.63, 3.8) is 0 Å². The van der Waals surface area contributed by atoms with Crippen molar-refractivity contribution in [2.75, 3.05) is 0 Å². The molecular weight excluding hydrogens is 397 g/mol. The zero-order chi connectivity index (χ0) is 22.0. The van der Waals surface area contributed by atoms with Gasteiger partial charge in [-0.15, -0.1) is 0 Å². The summed E-state index contributed by atoms with van der Waals surface area (Å²) in [4.78, 5) is 30.0. The molecule has 1 N–H and O–H groups in total. The Morgan fingerprint density at radius 1 is 1.10 bits per heavy atom. The molecule has 2 aromatic carbocycles. The van der Waals surface area contributed by atoms with Gasteiger partial charge >= 0.3 is 0 Å². The highest BCUT2D eigenvalue weighted by Crippen LogP contribution is 2.20. The second kappa shape index (κ2) is 8.35. The van der Waals surface area contributed by atoms with Gasteiger partial charge < -0.3 is 9.88 Å². The Balaban J connectivity index is 1.75. The van der Waals surface area contributed by atoms with E-state index >= 15 is 0 Å². The second-order valence-electron chi connectivity index (χ2n) is 7.08. The van der Waals surface area contributed by atoms with Gasteiger partial charge in [-0.05, 0) is 24.6 Å². The molecular formula is C23H20FN5O2. The van der Waals surface area contributed by atoms with Crippen LogP contribution in [0.25, 0.3) is 5.69 Å². The molecule has 2 aromatic heterocycles. The van der Waals surface area contributed by atoms with E-state index in [2.05, 4.69) is 15.4 Å². The van der Waals surface area contributed by atoms with Crippen molar-refractivity contribution in [2.24, 2.45) is 7.05 Å². The first kappa shape index (κ1) is 20.2. The van der Waals surface area contributed by atoms with Crippen molar-refractivity contribution < 1.29 is 9.18 Å². The average molecular weight is 417 g/mol. The second-order valence-corrected chi connectivity index (χ2v) is 7.08. The lowest BCUT2D eigenvalue weighted by Gasteiger charge is -2.19. The summed E-state index contributed by atoms with van der Waals surface area (Å²) in [5.41, 5.74) is 0.484. The zero-order valence-corrected chi connectivity index (χ0v) is 17.0. The van der Waals surface area contributed by atoms with Crippen LogP contribution in [0.2, 0.25) is 0 Å². The summed E-state index contributed by atoms with van der Waals surface area (Å²) in [7, 11) is 1.82. The summed E-state index contributed by atoms with van der Waals surface area (Å²) in [5.74, 6) is -0.587. The third-order valence-electron chi connectivity index (χ3n) is 4.93. The molecule has 0 spiro atoms. The quantitative estimate of drug-likeness (QED) is 0.541. The lowest BCUT2D eigenvalue weighted by molar-refractivity contribution is 0.0933. The van der Waals surface area contributed by atoms with Gasteiger partial charge in [-0.25, -0.2) is 14.1 Å². The number of aryl methyl sites for hydroxylation is 2. The number of aromatic nitrogens is 4. The molecule has 4 aromatic rings. The number of hydrogen-bond acceptors (Lipinski definition) is 4. The van der Waals surface area contributed by atoms with Crippen LogP contribution in [0.1, 0.15) is 33.6 Å². The first-order valence-electron chi connectivity index (χ1n) is 9.64. The van der Waals surface area contributed by atoms with Gasteiger partial charge in [0.1, 0.15) is 23.4 Å². The maximum Gasteiger partial charge on any atom is 0.276 e. The first-order valence-corrected chi connectivity index (χ1v) is 9.64. The highest BCUT2D eigenvalue weighted by atomic mass is 19.1. The number of nitrogens with zero attached hydrogens (tertiary/aromatic N) is 4. The van der Waals surface area contributed by atoms with Crippen LogP contribution >= 0.6 is 0 Å². The molecule has 1 atom stereocenters. The fourth-order valence-corrected chi connectivity index (χ4v) is 3.37. The fraction of sp³-hybridized carbons (Fsp3) is 0.130. The predicted molar refractivity (Wildman–Crippen MR) is 113 cm³/mol. The molecule has 0 aliphatic carbocycles. The molecule has 0 saturated carbocycles. The van der Waals surface area contributed by atoms with Crippen molar-refractivity contribution in [1.29, 1.82) is 0 Å². The number of rotatable bonds is 5. The van der Waals surface area contributed by atoms with E-state index in [-0.39, 0.29) is 11.4 Å². The van der Waals surface area contributed by atoms with Gasteiger partial charge in [-0.3, -0.25) is 9.59 Å². The molecule has 0 bridgehead atoms. The van der Waals surface area contributed by atoms with Crippen LogP contribution in [0.3, 0.4) is 0 Å². The third kappa shape index (κ3) is 4.00. The molecule has 156 valence electrons. The molecule has 2 heterocycles. The zero-order valence-electron chi connectivity index (χ0n) is 17.0. The van der Waals surface area contributed by atoms with Gasteiger partial charge in [0.15, 0.2) is 5.69 Å². The van der Waals surface area contributed by atoms with Gasteiger partial charge in [0.25, 0.3) is 5.91 Å². The van der Waals surface area contributed by atoms with E-state index < -0.39 is 23.2 Å². The normalized spacial score (nSPS) is 11.8. The minimum Gasteiger partial charge on any atom is -0.336 e. The fourth-order valence-electron chi connectivity index (χ4n) is 3.37. The molecule has 0 radical (unpaired) electrons. The summed E-state index contributed by atoms with van der Waals surface area (Å²) >= 11 is 0.